The number of carboxylic acid groups (broad SMARTS) is 1. The molecule has 0 amide bonds. The number of carboxylic acids is 1. The maximum absolute atomic E-state index is 10.1. The Morgan fingerprint density at radius 1 is 1.78 bits per heavy atom. The highest BCUT2D eigenvalue weighted by Gasteiger charge is 2.03. The van der Waals surface area contributed by atoms with E-state index in [9.17, 15) is 4.79 Å². The summed E-state index contributed by atoms with van der Waals surface area (Å²) in [7, 11) is 0. The molecule has 0 radical (unpaired) electrons. The van der Waals surface area contributed by atoms with Crippen molar-refractivity contribution in [2.45, 2.75) is 6.92 Å². The highest BCUT2D eigenvalue weighted by atomic mass is 16.4. The van der Waals surface area contributed by atoms with Crippen LogP contribution < -0.4 is 0 Å². The van der Waals surface area contributed by atoms with Gasteiger partial charge in [-0.25, -0.2) is 0 Å². The van der Waals surface area contributed by atoms with Gasteiger partial charge in [-0.1, -0.05) is 24.8 Å². The van der Waals surface area contributed by atoms with Gasteiger partial charge in [0.05, 0.1) is 5.92 Å². The summed E-state index contributed by atoms with van der Waals surface area (Å²) in [6, 6.07) is 0. The van der Waals surface area contributed by atoms with Gasteiger partial charge in [-0.2, -0.15) is 0 Å². The van der Waals surface area contributed by atoms with Crippen LogP contribution >= 0.6 is 0 Å². The van der Waals surface area contributed by atoms with E-state index >= 15 is 0 Å². The van der Waals surface area contributed by atoms with Gasteiger partial charge in [-0.15, -0.1) is 0 Å². The summed E-state index contributed by atoms with van der Waals surface area (Å²) in [5, 5.41) is 8.32. The van der Waals surface area contributed by atoms with Gasteiger partial charge in [0, 0.05) is 0 Å². The van der Waals surface area contributed by atoms with Gasteiger partial charge in [0.2, 0.25) is 0 Å². The fraction of sp³-hybridized carbons (Fsp3) is 0.286. The number of aliphatic carboxylic acids is 1. The summed E-state index contributed by atoms with van der Waals surface area (Å²) >= 11 is 0. The predicted molar refractivity (Wildman–Crippen MR) is 36.1 cm³/mol. The van der Waals surface area contributed by atoms with Crippen molar-refractivity contribution in [3.05, 3.63) is 24.8 Å². The Balaban J connectivity index is 3.75. The summed E-state index contributed by atoms with van der Waals surface area (Å²) < 4.78 is 0. The third kappa shape index (κ3) is 3.53. The number of hydrogen-bond acceptors (Lipinski definition) is 1. The molecule has 1 atom stereocenters. The van der Waals surface area contributed by atoms with Crippen molar-refractivity contribution in [2.75, 3.05) is 0 Å². The molecule has 0 aliphatic carbocycles. The molecule has 0 bridgehead atoms. The first-order valence-electron chi connectivity index (χ1n) is 2.70. The monoisotopic (exact) mass is 126 g/mol. The lowest BCUT2D eigenvalue weighted by Crippen LogP contribution is -2.05. The van der Waals surface area contributed by atoms with E-state index in [0.717, 1.165) is 0 Å². The van der Waals surface area contributed by atoms with E-state index in [2.05, 4.69) is 6.58 Å². The molecule has 0 rings (SSSR count). The number of allylic oxidation sites excluding steroid dienone is 2. The molecular weight excluding hydrogens is 116 g/mol. The zero-order valence-corrected chi connectivity index (χ0v) is 5.37. The van der Waals surface area contributed by atoms with E-state index in [0.29, 0.717) is 0 Å². The summed E-state index contributed by atoms with van der Waals surface area (Å²) in [6.07, 6.45) is 4.76. The van der Waals surface area contributed by atoms with Gasteiger partial charge < -0.3 is 5.11 Å². The first kappa shape index (κ1) is 7.95. The van der Waals surface area contributed by atoms with Crippen molar-refractivity contribution in [3.8, 4) is 0 Å². The molecular formula is C7H10O2. The quantitative estimate of drug-likeness (QED) is 0.581. The van der Waals surface area contributed by atoms with Crippen molar-refractivity contribution in [2.24, 2.45) is 5.92 Å². The molecule has 0 aromatic carbocycles. The Bertz CT molecular complexity index is 136. The van der Waals surface area contributed by atoms with Crippen LogP contribution in [0.4, 0.5) is 0 Å². The molecule has 0 spiro atoms. The van der Waals surface area contributed by atoms with Crippen LogP contribution in [0.2, 0.25) is 0 Å². The lowest BCUT2D eigenvalue weighted by molar-refractivity contribution is -0.139. The van der Waals surface area contributed by atoms with Gasteiger partial charge in [0.1, 0.15) is 0 Å². The van der Waals surface area contributed by atoms with Crippen molar-refractivity contribution >= 4 is 5.97 Å². The molecule has 0 aliphatic rings. The molecule has 0 aromatic rings. The summed E-state index contributed by atoms with van der Waals surface area (Å²) in [5.74, 6) is -1.23. The zero-order chi connectivity index (χ0) is 7.28. The second-order valence-electron chi connectivity index (χ2n) is 1.75. The average molecular weight is 126 g/mol. The molecule has 0 saturated heterocycles. The summed E-state index contributed by atoms with van der Waals surface area (Å²) in [4.78, 5) is 10.1. The minimum atomic E-state index is -0.812. The Hall–Kier alpha value is -1.05. The van der Waals surface area contributed by atoms with E-state index in [1.54, 1.807) is 25.2 Å². The number of rotatable bonds is 3. The van der Waals surface area contributed by atoms with E-state index in [1.807, 2.05) is 0 Å². The highest BCUT2D eigenvalue weighted by molar-refractivity contribution is 5.71. The summed E-state index contributed by atoms with van der Waals surface area (Å²) in [5.41, 5.74) is 0. The molecule has 0 aromatic heterocycles. The molecule has 1 unspecified atom stereocenters. The fourth-order valence-electron chi connectivity index (χ4n) is 0.328. The van der Waals surface area contributed by atoms with Gasteiger partial charge in [-0.3, -0.25) is 4.79 Å². The minimum Gasteiger partial charge on any atom is -0.481 e. The van der Waals surface area contributed by atoms with Gasteiger partial charge in [-0.05, 0) is 6.92 Å². The van der Waals surface area contributed by atoms with Crippen molar-refractivity contribution in [1.82, 2.24) is 0 Å². The topological polar surface area (TPSA) is 37.3 Å². The van der Waals surface area contributed by atoms with E-state index in [-0.39, 0.29) is 0 Å². The standard InChI is InChI=1S/C7H10O2/c1-3-4-5-6(2)7(8)9/h3-6H,1H2,2H3,(H,8,9). The van der Waals surface area contributed by atoms with E-state index in [4.69, 9.17) is 5.11 Å². The second-order valence-corrected chi connectivity index (χ2v) is 1.75. The fourth-order valence-corrected chi connectivity index (χ4v) is 0.328. The normalized spacial score (nSPS) is 13.4. The van der Waals surface area contributed by atoms with Crippen LogP contribution in [0.1, 0.15) is 6.92 Å². The second kappa shape index (κ2) is 3.89. The Morgan fingerprint density at radius 2 is 2.33 bits per heavy atom. The third-order valence-corrected chi connectivity index (χ3v) is 0.925. The average Bonchev–Trinajstić information content (AvgIpc) is 1.82. The lowest BCUT2D eigenvalue weighted by Gasteiger charge is -1.93. The molecule has 0 saturated carbocycles. The largest absolute Gasteiger partial charge is 0.481 e. The van der Waals surface area contributed by atoms with Crippen LogP contribution in [0.15, 0.2) is 24.8 Å². The first-order valence-corrected chi connectivity index (χ1v) is 2.70. The molecule has 50 valence electrons. The Labute approximate surface area is 54.5 Å². The maximum atomic E-state index is 10.1. The Morgan fingerprint density at radius 3 is 2.67 bits per heavy atom. The van der Waals surface area contributed by atoms with Crippen LogP contribution in [-0.2, 0) is 4.79 Å². The molecule has 0 heterocycles. The molecule has 0 fully saturated rings. The summed E-state index contributed by atoms with van der Waals surface area (Å²) in [6.45, 7) is 5.03. The lowest BCUT2D eigenvalue weighted by atomic mass is 10.2. The molecule has 0 aliphatic heterocycles. The Kier molecular flexibility index (Phi) is 3.44. The predicted octanol–water partition coefficient (Wildman–Crippen LogP) is 1.45. The van der Waals surface area contributed by atoms with Crippen LogP contribution in [0, 0.1) is 5.92 Å². The maximum Gasteiger partial charge on any atom is 0.310 e. The van der Waals surface area contributed by atoms with Crippen LogP contribution in [0.5, 0.6) is 0 Å². The number of hydrogen-bond donors (Lipinski definition) is 1. The third-order valence-electron chi connectivity index (χ3n) is 0.925. The van der Waals surface area contributed by atoms with E-state index < -0.39 is 11.9 Å². The smallest absolute Gasteiger partial charge is 0.310 e. The van der Waals surface area contributed by atoms with Gasteiger partial charge in [0.25, 0.3) is 0 Å². The molecule has 2 heteroatoms. The zero-order valence-electron chi connectivity index (χ0n) is 5.37. The van der Waals surface area contributed by atoms with E-state index in [1.165, 1.54) is 0 Å². The number of carbonyl (C=O) groups is 1. The van der Waals surface area contributed by atoms with Gasteiger partial charge >= 0.3 is 5.97 Å². The van der Waals surface area contributed by atoms with Crippen molar-refractivity contribution in [1.29, 1.82) is 0 Å². The van der Waals surface area contributed by atoms with Crippen LogP contribution in [0.3, 0.4) is 0 Å². The molecule has 1 N–H and O–H groups in total. The highest BCUT2D eigenvalue weighted by Crippen LogP contribution is 1.95. The van der Waals surface area contributed by atoms with Crippen molar-refractivity contribution < 1.29 is 9.90 Å². The first-order chi connectivity index (χ1) is 4.18. The van der Waals surface area contributed by atoms with Crippen LogP contribution in [0.25, 0.3) is 0 Å². The van der Waals surface area contributed by atoms with Gasteiger partial charge in [0.15, 0.2) is 0 Å². The van der Waals surface area contributed by atoms with Crippen LogP contribution in [-0.4, -0.2) is 11.1 Å². The minimum absolute atomic E-state index is 0.414. The van der Waals surface area contributed by atoms with Crippen molar-refractivity contribution in [3.63, 3.8) is 0 Å². The molecule has 2 nitrogen and oxygen atoms in total. The molecule has 9 heavy (non-hydrogen) atoms. The SMILES string of the molecule is C=CC=CC(C)C(=O)O.